The molecule has 0 saturated heterocycles. The van der Waals surface area contributed by atoms with Gasteiger partial charge in [0.2, 0.25) is 5.13 Å². The third-order valence-corrected chi connectivity index (χ3v) is 7.49. The minimum absolute atomic E-state index is 0.753. The molecular formula is C18H15N5OS3. The zero-order chi connectivity index (χ0) is 18.2. The number of fused-ring (bicyclic) bond motifs is 3. The third kappa shape index (κ3) is 3.26. The van der Waals surface area contributed by atoms with Crippen LogP contribution >= 0.6 is 34.4 Å². The van der Waals surface area contributed by atoms with Crippen LogP contribution in [0.25, 0.3) is 10.2 Å². The Balaban J connectivity index is 1.38. The molecule has 1 aliphatic rings. The van der Waals surface area contributed by atoms with E-state index in [0.29, 0.717) is 0 Å². The summed E-state index contributed by atoms with van der Waals surface area (Å²) in [7, 11) is 1.66. The highest BCUT2D eigenvalue weighted by molar-refractivity contribution is 8.01. The number of benzene rings is 1. The fourth-order valence-electron chi connectivity index (χ4n) is 3.16. The fourth-order valence-corrected chi connectivity index (χ4v) is 6.26. The van der Waals surface area contributed by atoms with Gasteiger partial charge in [-0.3, -0.25) is 0 Å². The molecule has 9 heteroatoms. The number of rotatable bonds is 5. The monoisotopic (exact) mass is 413 g/mol. The molecule has 27 heavy (non-hydrogen) atoms. The molecule has 0 aliphatic heterocycles. The first-order valence-electron chi connectivity index (χ1n) is 8.48. The SMILES string of the molecule is COc1ccc(Nc2nnc(Sc3ncnc4sc5c(c34)CCC5)s2)cc1. The quantitative estimate of drug-likeness (QED) is 0.465. The smallest absolute Gasteiger partial charge is 0.210 e. The van der Waals surface area contributed by atoms with Gasteiger partial charge in [-0.1, -0.05) is 11.3 Å². The molecule has 5 rings (SSSR count). The van der Waals surface area contributed by atoms with Gasteiger partial charge in [0, 0.05) is 16.0 Å². The normalized spacial score (nSPS) is 13.1. The number of aryl methyl sites for hydroxylation is 2. The molecule has 3 aromatic heterocycles. The van der Waals surface area contributed by atoms with Gasteiger partial charge in [0.1, 0.15) is 21.9 Å². The summed E-state index contributed by atoms with van der Waals surface area (Å²) in [5.74, 6) is 0.824. The summed E-state index contributed by atoms with van der Waals surface area (Å²) >= 11 is 4.89. The first-order valence-corrected chi connectivity index (χ1v) is 10.9. The average Bonchev–Trinajstić information content (AvgIpc) is 3.39. The van der Waals surface area contributed by atoms with Crippen molar-refractivity contribution in [2.75, 3.05) is 12.4 Å². The molecule has 0 spiro atoms. The van der Waals surface area contributed by atoms with Gasteiger partial charge in [-0.15, -0.1) is 21.5 Å². The van der Waals surface area contributed by atoms with Crippen molar-refractivity contribution in [2.45, 2.75) is 28.6 Å². The van der Waals surface area contributed by atoms with Crippen LogP contribution in [0.2, 0.25) is 0 Å². The lowest BCUT2D eigenvalue weighted by Gasteiger charge is -2.03. The van der Waals surface area contributed by atoms with Crippen LogP contribution in [0.1, 0.15) is 16.9 Å². The summed E-state index contributed by atoms with van der Waals surface area (Å²) in [6.45, 7) is 0. The Hall–Kier alpha value is -2.23. The summed E-state index contributed by atoms with van der Waals surface area (Å²) in [4.78, 5) is 11.5. The number of aromatic nitrogens is 4. The molecular weight excluding hydrogens is 398 g/mol. The maximum absolute atomic E-state index is 5.18. The zero-order valence-electron chi connectivity index (χ0n) is 14.4. The molecule has 1 aromatic carbocycles. The van der Waals surface area contributed by atoms with Crippen LogP contribution < -0.4 is 10.1 Å². The van der Waals surface area contributed by atoms with E-state index >= 15 is 0 Å². The highest BCUT2D eigenvalue weighted by atomic mass is 32.2. The van der Waals surface area contributed by atoms with Crippen molar-refractivity contribution < 1.29 is 4.74 Å². The fraction of sp³-hybridized carbons (Fsp3) is 0.222. The zero-order valence-corrected chi connectivity index (χ0v) is 16.9. The number of anilines is 2. The van der Waals surface area contributed by atoms with E-state index in [1.54, 1.807) is 36.5 Å². The molecule has 136 valence electrons. The van der Waals surface area contributed by atoms with Crippen LogP contribution in [-0.4, -0.2) is 27.3 Å². The van der Waals surface area contributed by atoms with E-state index in [1.165, 1.54) is 33.6 Å². The first kappa shape index (κ1) is 16.9. The maximum Gasteiger partial charge on any atom is 0.210 e. The Morgan fingerprint density at radius 3 is 2.81 bits per heavy atom. The first-order chi connectivity index (χ1) is 13.3. The number of nitrogens with zero attached hydrogens (tertiary/aromatic N) is 4. The molecule has 0 atom stereocenters. The largest absolute Gasteiger partial charge is 0.497 e. The van der Waals surface area contributed by atoms with Crippen LogP contribution in [0.4, 0.5) is 10.8 Å². The van der Waals surface area contributed by atoms with E-state index < -0.39 is 0 Å². The Kier molecular flexibility index (Phi) is 4.42. The molecule has 1 N–H and O–H groups in total. The lowest BCUT2D eigenvalue weighted by atomic mass is 10.2. The van der Waals surface area contributed by atoms with E-state index in [0.717, 1.165) is 43.6 Å². The topological polar surface area (TPSA) is 72.8 Å². The molecule has 0 unspecified atom stereocenters. The lowest BCUT2D eigenvalue weighted by molar-refractivity contribution is 0.415. The van der Waals surface area contributed by atoms with Crippen LogP contribution in [0.15, 0.2) is 40.0 Å². The maximum atomic E-state index is 5.18. The van der Waals surface area contributed by atoms with Gasteiger partial charge in [0.25, 0.3) is 0 Å². The van der Waals surface area contributed by atoms with Gasteiger partial charge in [-0.2, -0.15) is 0 Å². The van der Waals surface area contributed by atoms with Gasteiger partial charge in [-0.05, 0) is 60.9 Å². The van der Waals surface area contributed by atoms with E-state index in [1.807, 2.05) is 24.3 Å². The van der Waals surface area contributed by atoms with Gasteiger partial charge in [0.15, 0.2) is 4.34 Å². The van der Waals surface area contributed by atoms with Gasteiger partial charge >= 0.3 is 0 Å². The van der Waals surface area contributed by atoms with E-state index in [-0.39, 0.29) is 0 Å². The van der Waals surface area contributed by atoms with Crippen LogP contribution in [-0.2, 0) is 12.8 Å². The Morgan fingerprint density at radius 2 is 1.96 bits per heavy atom. The third-order valence-electron chi connectivity index (χ3n) is 4.40. The summed E-state index contributed by atoms with van der Waals surface area (Å²) < 4.78 is 6.05. The molecule has 6 nitrogen and oxygen atoms in total. The van der Waals surface area contributed by atoms with Crippen molar-refractivity contribution in [2.24, 2.45) is 0 Å². The molecule has 4 aromatic rings. The standard InChI is InChI=1S/C18H15N5OS3/c1-24-11-7-5-10(6-8-11)21-17-22-23-18(27-17)26-16-14-12-3-2-4-13(12)25-15(14)19-9-20-16/h5-9H,2-4H2,1H3,(H,21,22). The highest BCUT2D eigenvalue weighted by Gasteiger charge is 2.22. The van der Waals surface area contributed by atoms with Crippen LogP contribution in [0, 0.1) is 0 Å². The van der Waals surface area contributed by atoms with Crippen LogP contribution in [0.5, 0.6) is 5.75 Å². The van der Waals surface area contributed by atoms with Crippen molar-refractivity contribution >= 4 is 55.5 Å². The second kappa shape index (κ2) is 7.06. The summed E-state index contributed by atoms with van der Waals surface area (Å²) in [5.41, 5.74) is 2.38. The minimum atomic E-state index is 0.753. The molecule has 0 bridgehead atoms. The molecule has 0 radical (unpaired) electrons. The molecule has 3 heterocycles. The van der Waals surface area contributed by atoms with Crippen molar-refractivity contribution in [3.05, 3.63) is 41.0 Å². The van der Waals surface area contributed by atoms with Crippen molar-refractivity contribution in [1.29, 1.82) is 0 Å². The van der Waals surface area contributed by atoms with Crippen LogP contribution in [0.3, 0.4) is 0 Å². The second-order valence-corrected chi connectivity index (χ2v) is 9.34. The Bertz CT molecular complexity index is 1110. The van der Waals surface area contributed by atoms with Gasteiger partial charge in [0.05, 0.1) is 7.11 Å². The number of ether oxygens (including phenoxy) is 1. The van der Waals surface area contributed by atoms with Crippen molar-refractivity contribution in [1.82, 2.24) is 20.2 Å². The van der Waals surface area contributed by atoms with E-state index in [4.69, 9.17) is 4.74 Å². The summed E-state index contributed by atoms with van der Waals surface area (Å²) in [6.07, 6.45) is 5.16. The molecule has 0 fully saturated rings. The number of nitrogens with one attached hydrogen (secondary N) is 1. The lowest BCUT2D eigenvalue weighted by Crippen LogP contribution is -1.89. The summed E-state index contributed by atoms with van der Waals surface area (Å²) in [5, 5.41) is 14.8. The Labute approximate surface area is 168 Å². The van der Waals surface area contributed by atoms with Gasteiger partial charge < -0.3 is 10.1 Å². The van der Waals surface area contributed by atoms with Crippen molar-refractivity contribution in [3.63, 3.8) is 0 Å². The summed E-state index contributed by atoms with van der Waals surface area (Å²) in [6, 6.07) is 7.73. The Morgan fingerprint density at radius 1 is 1.07 bits per heavy atom. The molecule has 0 amide bonds. The number of hydrogen-bond donors (Lipinski definition) is 1. The van der Waals surface area contributed by atoms with E-state index in [9.17, 15) is 0 Å². The van der Waals surface area contributed by atoms with Gasteiger partial charge in [-0.25, -0.2) is 9.97 Å². The molecule has 0 saturated carbocycles. The minimum Gasteiger partial charge on any atom is -0.497 e. The average molecular weight is 414 g/mol. The molecule has 1 aliphatic carbocycles. The number of hydrogen-bond acceptors (Lipinski definition) is 9. The number of thiophene rings is 1. The highest BCUT2D eigenvalue weighted by Crippen LogP contribution is 2.42. The van der Waals surface area contributed by atoms with E-state index in [2.05, 4.69) is 25.5 Å². The predicted molar refractivity (Wildman–Crippen MR) is 110 cm³/mol. The van der Waals surface area contributed by atoms with Crippen molar-refractivity contribution in [3.8, 4) is 5.75 Å². The predicted octanol–water partition coefficient (Wildman–Crippen LogP) is 4.93. The number of methoxy groups -OCH3 is 1. The second-order valence-electron chi connectivity index (χ2n) is 6.05.